The molecule has 1 amide bonds. The van der Waals surface area contributed by atoms with E-state index in [4.69, 9.17) is 30.5 Å². The van der Waals surface area contributed by atoms with E-state index < -0.39 is 28.0 Å². The van der Waals surface area contributed by atoms with Crippen LogP contribution in [0, 0.1) is 0 Å². The fraction of sp³-hybridized carbons (Fsp3) is 0.357. The highest BCUT2D eigenvalue weighted by atomic mass is 35.5. The van der Waals surface area contributed by atoms with Gasteiger partial charge in [0.25, 0.3) is 0 Å². The summed E-state index contributed by atoms with van der Waals surface area (Å²) < 4.78 is 89.5. The molecule has 0 bridgehead atoms. The molecule has 1 heterocycles. The molecule has 232 valence electrons. The van der Waals surface area contributed by atoms with Crippen molar-refractivity contribution in [3.63, 3.8) is 0 Å². The number of benzene rings is 2. The zero-order chi connectivity index (χ0) is 31.0. The van der Waals surface area contributed by atoms with Gasteiger partial charge < -0.3 is 18.9 Å². The Bertz CT molecular complexity index is 1520. The molecule has 2 aromatic carbocycles. The Hall–Kier alpha value is -3.59. The van der Waals surface area contributed by atoms with Gasteiger partial charge in [0, 0.05) is 25.4 Å². The maximum atomic E-state index is 13.0. The summed E-state index contributed by atoms with van der Waals surface area (Å²) in [7, 11) is -2.63. The van der Waals surface area contributed by atoms with E-state index in [1.54, 1.807) is 12.1 Å². The number of hydrogen-bond acceptors (Lipinski definition) is 8. The number of alkyl halides is 3. The molecular formula is C28H29ClF3N3O7S. The van der Waals surface area contributed by atoms with Gasteiger partial charge in [-0.3, -0.25) is 0 Å². The van der Waals surface area contributed by atoms with E-state index in [0.29, 0.717) is 43.0 Å². The lowest BCUT2D eigenvalue weighted by Crippen LogP contribution is -2.45. The molecule has 0 atom stereocenters. The van der Waals surface area contributed by atoms with Gasteiger partial charge in [0.05, 0.1) is 18.8 Å². The number of carbonyl (C=O) groups excluding carboxylic acids is 1. The molecule has 3 aromatic rings. The van der Waals surface area contributed by atoms with Crippen LogP contribution in [0.5, 0.6) is 17.4 Å². The number of pyridine rings is 1. The van der Waals surface area contributed by atoms with Crippen LogP contribution in [0.1, 0.15) is 28.7 Å². The van der Waals surface area contributed by atoms with Crippen LogP contribution in [-0.2, 0) is 45.1 Å². The smallest absolute Gasteiger partial charge is 0.421 e. The molecule has 0 fully saturated rings. The molecule has 0 aliphatic heterocycles. The summed E-state index contributed by atoms with van der Waals surface area (Å²) in [5, 5.41) is -0.345. The average Bonchev–Trinajstić information content (AvgIpc) is 3.34. The minimum atomic E-state index is -4.63. The van der Waals surface area contributed by atoms with Crippen molar-refractivity contribution >= 4 is 27.9 Å². The summed E-state index contributed by atoms with van der Waals surface area (Å²) in [6.45, 7) is 0.424. The third kappa shape index (κ3) is 9.45. The normalized spacial score (nSPS) is 13.4. The lowest BCUT2D eigenvalue weighted by Gasteiger charge is -2.15. The monoisotopic (exact) mass is 643 g/mol. The van der Waals surface area contributed by atoms with E-state index in [2.05, 4.69) is 9.71 Å². The topological polar surface area (TPSA) is 125 Å². The Labute approximate surface area is 251 Å². The minimum absolute atomic E-state index is 0.138. The zero-order valence-electron chi connectivity index (χ0n) is 22.9. The molecule has 4 rings (SSSR count). The van der Waals surface area contributed by atoms with Gasteiger partial charge in [-0.15, -0.1) is 0 Å². The second-order valence-corrected chi connectivity index (χ2v) is 11.4. The number of hydrogen-bond donors (Lipinski definition) is 2. The summed E-state index contributed by atoms with van der Waals surface area (Å²) in [4.78, 5) is 15.9. The van der Waals surface area contributed by atoms with Crippen molar-refractivity contribution in [1.29, 1.82) is 0 Å². The highest BCUT2D eigenvalue weighted by molar-refractivity contribution is 7.88. The highest BCUT2D eigenvalue weighted by Gasteiger charge is 2.32. The second-order valence-electron chi connectivity index (χ2n) is 9.56. The number of rotatable bonds is 13. The maximum absolute atomic E-state index is 13.0. The molecular weight excluding hydrogens is 615 g/mol. The van der Waals surface area contributed by atoms with Crippen LogP contribution < -0.4 is 18.9 Å². The van der Waals surface area contributed by atoms with E-state index >= 15 is 0 Å². The van der Waals surface area contributed by atoms with Crippen molar-refractivity contribution in [2.24, 2.45) is 0 Å². The van der Waals surface area contributed by atoms with Crippen LogP contribution in [0.25, 0.3) is 0 Å². The third-order valence-electron chi connectivity index (χ3n) is 6.35. The molecule has 1 aromatic heterocycles. The Morgan fingerprint density at radius 2 is 1.79 bits per heavy atom. The van der Waals surface area contributed by atoms with Crippen molar-refractivity contribution in [2.75, 3.05) is 26.9 Å². The number of aryl methyl sites for hydroxylation is 1. The molecule has 0 radical (unpaired) electrons. The summed E-state index contributed by atoms with van der Waals surface area (Å²) in [5.41, 5.74) is 1.65. The van der Waals surface area contributed by atoms with Crippen LogP contribution in [0.4, 0.5) is 18.0 Å². The molecule has 15 heteroatoms. The molecule has 1 aliphatic rings. The van der Waals surface area contributed by atoms with Gasteiger partial charge in [0.2, 0.25) is 5.88 Å². The van der Waals surface area contributed by atoms with E-state index in [-0.39, 0.29) is 48.7 Å². The van der Waals surface area contributed by atoms with Crippen molar-refractivity contribution in [3.05, 3.63) is 82.0 Å². The number of methoxy groups -OCH3 is 1. The van der Waals surface area contributed by atoms with E-state index in [1.165, 1.54) is 13.2 Å². The fourth-order valence-electron chi connectivity index (χ4n) is 4.39. The SMILES string of the molecule is COCCOc1ccc(CCCOC(=O)NS(=O)(=O)NC2Cc3ccccc3C2)c(Oc2ncc(C(F)(F)F)cc2Cl)c1. The van der Waals surface area contributed by atoms with E-state index in [0.717, 1.165) is 11.1 Å². The van der Waals surface area contributed by atoms with Gasteiger partial charge in [-0.1, -0.05) is 41.9 Å². The lowest BCUT2D eigenvalue weighted by atomic mass is 10.1. The van der Waals surface area contributed by atoms with Gasteiger partial charge in [0.1, 0.15) is 23.1 Å². The number of amides is 1. The van der Waals surface area contributed by atoms with Crippen LogP contribution in [0.3, 0.4) is 0 Å². The average molecular weight is 644 g/mol. The number of ether oxygens (including phenoxy) is 4. The summed E-state index contributed by atoms with van der Waals surface area (Å²) in [6.07, 6.45) is -3.58. The van der Waals surface area contributed by atoms with Crippen molar-refractivity contribution in [1.82, 2.24) is 14.4 Å². The van der Waals surface area contributed by atoms with Crippen molar-refractivity contribution < 1.29 is 45.3 Å². The van der Waals surface area contributed by atoms with Gasteiger partial charge in [-0.05, 0) is 54.5 Å². The Balaban J connectivity index is 1.33. The van der Waals surface area contributed by atoms with E-state index in [1.807, 2.05) is 29.0 Å². The third-order valence-corrected chi connectivity index (χ3v) is 7.70. The summed E-state index contributed by atoms with van der Waals surface area (Å²) >= 11 is 6.02. The Morgan fingerprint density at radius 1 is 1.07 bits per heavy atom. The fourth-order valence-corrected chi connectivity index (χ4v) is 5.53. The first-order valence-electron chi connectivity index (χ1n) is 13.1. The van der Waals surface area contributed by atoms with Gasteiger partial charge >= 0.3 is 22.5 Å². The molecule has 10 nitrogen and oxygen atoms in total. The number of nitrogens with one attached hydrogen (secondary N) is 2. The predicted octanol–water partition coefficient (Wildman–Crippen LogP) is 5.23. The standard InChI is InChI=1S/C28H29ClF3N3O7S/c1-39-11-12-40-23-9-8-18(25(16-23)42-26-24(29)15-21(17-33-26)28(30,31)32)7-4-10-41-27(36)35-43(37,38)34-22-13-19-5-2-3-6-20(19)14-22/h2-3,5-6,8-9,15-17,22,34H,4,7,10-14H2,1H3,(H,35,36). The van der Waals surface area contributed by atoms with Crippen molar-refractivity contribution in [2.45, 2.75) is 37.9 Å². The Morgan fingerprint density at radius 3 is 2.44 bits per heavy atom. The van der Waals surface area contributed by atoms with Crippen molar-refractivity contribution in [3.8, 4) is 17.4 Å². The largest absolute Gasteiger partial charge is 0.491 e. The van der Waals surface area contributed by atoms with E-state index in [9.17, 15) is 26.4 Å². The quantitative estimate of drug-likeness (QED) is 0.243. The Kier molecular flexibility index (Phi) is 10.7. The number of nitrogens with zero attached hydrogens (tertiary/aromatic N) is 1. The van der Waals surface area contributed by atoms with Crippen LogP contribution in [0.2, 0.25) is 5.02 Å². The molecule has 0 spiro atoms. The first kappa shape index (κ1) is 32.3. The summed E-state index contributed by atoms with van der Waals surface area (Å²) in [5.74, 6) is 0.360. The number of halogens is 4. The van der Waals surface area contributed by atoms with Crippen LogP contribution >= 0.6 is 11.6 Å². The van der Waals surface area contributed by atoms with Gasteiger partial charge in [-0.2, -0.15) is 26.3 Å². The maximum Gasteiger partial charge on any atom is 0.421 e. The lowest BCUT2D eigenvalue weighted by molar-refractivity contribution is -0.137. The predicted molar refractivity (Wildman–Crippen MR) is 151 cm³/mol. The molecule has 43 heavy (non-hydrogen) atoms. The molecule has 0 unspecified atom stereocenters. The number of aromatic nitrogens is 1. The first-order chi connectivity index (χ1) is 20.4. The molecule has 0 saturated heterocycles. The minimum Gasteiger partial charge on any atom is -0.491 e. The first-order valence-corrected chi connectivity index (χ1v) is 15.0. The highest BCUT2D eigenvalue weighted by Crippen LogP contribution is 2.36. The van der Waals surface area contributed by atoms with Crippen LogP contribution in [-0.4, -0.2) is 52.5 Å². The molecule has 1 aliphatic carbocycles. The van der Waals surface area contributed by atoms with Gasteiger partial charge in [-0.25, -0.2) is 14.5 Å². The van der Waals surface area contributed by atoms with Crippen LogP contribution in [0.15, 0.2) is 54.7 Å². The second kappa shape index (κ2) is 14.3. The number of carbonyl (C=O) groups is 1. The molecule has 0 saturated carbocycles. The molecule has 2 N–H and O–H groups in total. The zero-order valence-corrected chi connectivity index (χ0v) is 24.5. The summed E-state index contributed by atoms with van der Waals surface area (Å²) in [6, 6.07) is 12.8. The number of fused-ring (bicyclic) bond motifs is 1. The van der Waals surface area contributed by atoms with Gasteiger partial charge in [0.15, 0.2) is 0 Å².